The van der Waals surface area contributed by atoms with Gasteiger partial charge in [0.15, 0.2) is 0 Å². The van der Waals surface area contributed by atoms with Gasteiger partial charge in [-0.3, -0.25) is 0 Å². The molecule has 3 heteroatoms. The molecule has 0 N–H and O–H groups in total. The summed E-state index contributed by atoms with van der Waals surface area (Å²) >= 11 is 0. The Morgan fingerprint density at radius 2 is 1.86 bits per heavy atom. The standard InChI is InChI=1S/C11H21NOSi/c1-11(2,3)14(5,6)13-10-7-8-12(4)9-10/h7-9H,1-6H3. The molecule has 0 saturated heterocycles. The molecule has 0 aliphatic rings. The van der Waals surface area contributed by atoms with Crippen LogP contribution in [-0.2, 0) is 7.05 Å². The van der Waals surface area contributed by atoms with E-state index in [0.717, 1.165) is 5.75 Å². The van der Waals surface area contributed by atoms with Crippen molar-refractivity contribution in [1.29, 1.82) is 0 Å². The average Bonchev–Trinajstić information content (AvgIpc) is 2.31. The molecular formula is C11H21NOSi. The van der Waals surface area contributed by atoms with E-state index in [1.54, 1.807) is 0 Å². The van der Waals surface area contributed by atoms with Crippen molar-refractivity contribution in [2.24, 2.45) is 7.05 Å². The monoisotopic (exact) mass is 211 g/mol. The maximum atomic E-state index is 6.11. The van der Waals surface area contributed by atoms with Gasteiger partial charge in [0.2, 0.25) is 0 Å². The van der Waals surface area contributed by atoms with Crippen LogP contribution in [0.4, 0.5) is 0 Å². The lowest BCUT2D eigenvalue weighted by Crippen LogP contribution is -2.43. The summed E-state index contributed by atoms with van der Waals surface area (Å²) in [6, 6.07) is 2.03. The van der Waals surface area contributed by atoms with Crippen LogP contribution in [-0.4, -0.2) is 12.9 Å². The Bertz CT molecular complexity index is 309. The van der Waals surface area contributed by atoms with Gasteiger partial charge >= 0.3 is 0 Å². The van der Waals surface area contributed by atoms with Crippen molar-refractivity contribution in [2.45, 2.75) is 38.9 Å². The number of hydrogen-bond donors (Lipinski definition) is 0. The molecule has 1 rings (SSSR count). The van der Waals surface area contributed by atoms with Crippen LogP contribution in [0.3, 0.4) is 0 Å². The zero-order valence-corrected chi connectivity index (χ0v) is 11.1. The summed E-state index contributed by atoms with van der Waals surface area (Å²) in [6.07, 6.45) is 4.04. The second-order valence-electron chi connectivity index (χ2n) is 5.38. The van der Waals surface area contributed by atoms with Gasteiger partial charge in [-0.15, -0.1) is 0 Å². The third-order valence-electron chi connectivity index (χ3n) is 2.98. The third-order valence-corrected chi connectivity index (χ3v) is 7.34. The molecule has 1 heterocycles. The van der Waals surface area contributed by atoms with E-state index in [4.69, 9.17) is 4.43 Å². The summed E-state index contributed by atoms with van der Waals surface area (Å²) in [5.41, 5.74) is 0. The predicted molar refractivity (Wildman–Crippen MR) is 63.2 cm³/mol. The van der Waals surface area contributed by atoms with Crippen LogP contribution >= 0.6 is 0 Å². The third kappa shape index (κ3) is 2.41. The van der Waals surface area contributed by atoms with E-state index in [1.165, 1.54) is 0 Å². The summed E-state index contributed by atoms with van der Waals surface area (Å²) in [4.78, 5) is 0. The summed E-state index contributed by atoms with van der Waals surface area (Å²) < 4.78 is 8.12. The summed E-state index contributed by atoms with van der Waals surface area (Å²) in [6.45, 7) is 11.3. The fraction of sp³-hybridized carbons (Fsp3) is 0.636. The zero-order chi connectivity index (χ0) is 11.0. The van der Waals surface area contributed by atoms with Gasteiger partial charge in [-0.05, 0) is 24.2 Å². The molecule has 0 aliphatic carbocycles. The normalized spacial score (nSPS) is 13.0. The highest BCUT2D eigenvalue weighted by atomic mass is 28.4. The molecule has 1 aromatic rings. The highest BCUT2D eigenvalue weighted by molar-refractivity contribution is 6.74. The highest BCUT2D eigenvalue weighted by Gasteiger charge is 2.38. The van der Waals surface area contributed by atoms with Crippen LogP contribution in [0.15, 0.2) is 18.5 Å². The Labute approximate surface area is 88.0 Å². The highest BCUT2D eigenvalue weighted by Crippen LogP contribution is 2.37. The van der Waals surface area contributed by atoms with E-state index in [-0.39, 0.29) is 5.04 Å². The van der Waals surface area contributed by atoms with Gasteiger partial charge in [-0.25, -0.2) is 0 Å². The predicted octanol–water partition coefficient (Wildman–Crippen LogP) is 3.41. The molecule has 0 bridgehead atoms. The number of rotatable bonds is 2. The van der Waals surface area contributed by atoms with E-state index in [9.17, 15) is 0 Å². The first-order chi connectivity index (χ1) is 6.22. The fourth-order valence-electron chi connectivity index (χ4n) is 0.986. The van der Waals surface area contributed by atoms with Crippen molar-refractivity contribution in [3.63, 3.8) is 0 Å². The molecule has 0 fully saturated rings. The number of hydrogen-bond acceptors (Lipinski definition) is 1. The Balaban J connectivity index is 2.78. The van der Waals surface area contributed by atoms with Crippen molar-refractivity contribution >= 4 is 8.32 Å². The lowest BCUT2D eigenvalue weighted by atomic mass is 10.2. The van der Waals surface area contributed by atoms with E-state index in [2.05, 4.69) is 33.9 Å². The molecule has 1 aromatic heterocycles. The molecule has 0 radical (unpaired) electrons. The van der Waals surface area contributed by atoms with E-state index in [0.29, 0.717) is 0 Å². The minimum Gasteiger partial charge on any atom is -0.542 e. The molecule has 14 heavy (non-hydrogen) atoms. The van der Waals surface area contributed by atoms with Gasteiger partial charge < -0.3 is 8.99 Å². The molecule has 0 spiro atoms. The van der Waals surface area contributed by atoms with Crippen LogP contribution in [0.25, 0.3) is 0 Å². The quantitative estimate of drug-likeness (QED) is 0.684. The lowest BCUT2D eigenvalue weighted by molar-refractivity contribution is 0.491. The molecule has 0 aliphatic heterocycles. The van der Waals surface area contributed by atoms with Crippen LogP contribution in [0.2, 0.25) is 18.1 Å². The van der Waals surface area contributed by atoms with Gasteiger partial charge in [0.25, 0.3) is 8.32 Å². The average molecular weight is 211 g/mol. The van der Waals surface area contributed by atoms with Gasteiger partial charge in [-0.2, -0.15) is 0 Å². The molecular weight excluding hydrogens is 190 g/mol. The van der Waals surface area contributed by atoms with Crippen LogP contribution < -0.4 is 4.43 Å². The SMILES string of the molecule is Cn1ccc(O[Si](C)(C)C(C)(C)C)c1. The Morgan fingerprint density at radius 3 is 2.21 bits per heavy atom. The second kappa shape index (κ2) is 3.46. The van der Waals surface area contributed by atoms with Crippen LogP contribution in [0.5, 0.6) is 5.75 Å². The largest absolute Gasteiger partial charge is 0.542 e. The van der Waals surface area contributed by atoms with Crippen LogP contribution in [0, 0.1) is 0 Å². The van der Waals surface area contributed by atoms with E-state index in [1.807, 2.05) is 30.1 Å². The smallest absolute Gasteiger partial charge is 0.250 e. The Kier molecular flexibility index (Phi) is 2.81. The molecule has 0 aromatic carbocycles. The zero-order valence-electron chi connectivity index (χ0n) is 10.1. The first-order valence-corrected chi connectivity index (χ1v) is 7.94. The van der Waals surface area contributed by atoms with Crippen molar-refractivity contribution < 1.29 is 4.43 Å². The number of aryl methyl sites for hydroxylation is 1. The molecule has 0 unspecified atom stereocenters. The van der Waals surface area contributed by atoms with Crippen LogP contribution in [0.1, 0.15) is 20.8 Å². The Hall–Kier alpha value is -0.703. The van der Waals surface area contributed by atoms with Crippen molar-refractivity contribution in [3.05, 3.63) is 18.5 Å². The fourth-order valence-corrected chi connectivity index (χ4v) is 2.00. The van der Waals surface area contributed by atoms with E-state index >= 15 is 0 Å². The van der Waals surface area contributed by atoms with Gasteiger partial charge in [-0.1, -0.05) is 20.8 Å². The molecule has 0 amide bonds. The summed E-state index contributed by atoms with van der Waals surface area (Å²) in [5, 5.41) is 0.267. The molecule has 0 atom stereocenters. The van der Waals surface area contributed by atoms with Crippen molar-refractivity contribution in [3.8, 4) is 5.75 Å². The van der Waals surface area contributed by atoms with Crippen molar-refractivity contribution in [2.75, 3.05) is 0 Å². The first kappa shape index (κ1) is 11.4. The summed E-state index contributed by atoms with van der Waals surface area (Å²) in [5.74, 6) is 0.999. The van der Waals surface area contributed by atoms with Gasteiger partial charge in [0.05, 0.1) is 0 Å². The molecule has 0 saturated carbocycles. The van der Waals surface area contributed by atoms with Gasteiger partial charge in [0, 0.05) is 19.4 Å². The van der Waals surface area contributed by atoms with E-state index < -0.39 is 8.32 Å². The molecule has 2 nitrogen and oxygen atoms in total. The topological polar surface area (TPSA) is 14.2 Å². The summed E-state index contributed by atoms with van der Waals surface area (Å²) in [7, 11) is 0.367. The minimum absolute atomic E-state index is 0.267. The lowest BCUT2D eigenvalue weighted by Gasteiger charge is -2.36. The second-order valence-corrected chi connectivity index (χ2v) is 10.1. The number of nitrogens with zero attached hydrogens (tertiary/aromatic N) is 1. The minimum atomic E-state index is -1.65. The maximum absolute atomic E-state index is 6.11. The Morgan fingerprint density at radius 1 is 1.29 bits per heavy atom. The van der Waals surface area contributed by atoms with Crippen molar-refractivity contribution in [1.82, 2.24) is 4.57 Å². The first-order valence-electron chi connectivity index (χ1n) is 5.03. The molecule has 80 valence electrons. The maximum Gasteiger partial charge on any atom is 0.250 e. The van der Waals surface area contributed by atoms with Gasteiger partial charge in [0.1, 0.15) is 5.75 Å². The number of aromatic nitrogens is 1.